The Morgan fingerprint density at radius 1 is 1.40 bits per heavy atom. The van der Waals surface area contributed by atoms with Gasteiger partial charge in [0.2, 0.25) is 0 Å². The summed E-state index contributed by atoms with van der Waals surface area (Å²) in [4.78, 5) is -0.159. The lowest BCUT2D eigenvalue weighted by molar-refractivity contribution is 0.801. The van der Waals surface area contributed by atoms with Crippen LogP contribution >= 0.6 is 11.6 Å². The minimum atomic E-state index is -0.159. The molecule has 0 amide bonds. The van der Waals surface area contributed by atoms with E-state index in [0.717, 1.165) is 6.42 Å². The van der Waals surface area contributed by atoms with Crippen LogP contribution in [0.15, 0.2) is 12.2 Å². The van der Waals surface area contributed by atoms with Gasteiger partial charge in [0.15, 0.2) is 0 Å². The Hall–Kier alpha value is 0.0300. The lowest BCUT2D eigenvalue weighted by Crippen LogP contribution is -2.03. The van der Waals surface area contributed by atoms with E-state index in [1.54, 1.807) is 0 Å². The summed E-state index contributed by atoms with van der Waals surface area (Å²) in [5.41, 5.74) is 0. The molecule has 0 spiro atoms. The number of hydrogen-bond acceptors (Lipinski definition) is 0. The van der Waals surface area contributed by atoms with Crippen molar-refractivity contribution in [1.82, 2.24) is 0 Å². The van der Waals surface area contributed by atoms with Gasteiger partial charge in [0.25, 0.3) is 0 Å². The molecule has 0 aliphatic carbocycles. The van der Waals surface area contributed by atoms with Crippen molar-refractivity contribution in [3.05, 3.63) is 12.2 Å². The molecule has 10 heavy (non-hydrogen) atoms. The molecule has 0 heterocycles. The molecule has 0 radical (unpaired) electrons. The second kappa shape index (κ2) is 4.79. The average molecular weight is 161 g/mol. The van der Waals surface area contributed by atoms with Crippen LogP contribution < -0.4 is 0 Å². The standard InChI is InChI=1S/C9H17Cl/c1-4-5-6-7-8-9(2,3)10/h7-8H,4-6H2,1-3H3. The summed E-state index contributed by atoms with van der Waals surface area (Å²) < 4.78 is 0. The van der Waals surface area contributed by atoms with Gasteiger partial charge in [-0.05, 0) is 20.3 Å². The molecule has 0 aromatic heterocycles. The molecule has 0 aliphatic heterocycles. The Bertz CT molecular complexity index is 97.8. The number of hydrogen-bond donors (Lipinski definition) is 0. The fourth-order valence-electron chi connectivity index (χ4n) is 0.686. The molecule has 0 aliphatic rings. The van der Waals surface area contributed by atoms with Crippen molar-refractivity contribution in [1.29, 1.82) is 0 Å². The maximum absolute atomic E-state index is 5.93. The predicted molar refractivity (Wildman–Crippen MR) is 48.6 cm³/mol. The predicted octanol–water partition coefficient (Wildman–Crippen LogP) is 3.75. The molecule has 0 N–H and O–H groups in total. The lowest BCUT2D eigenvalue weighted by Gasteiger charge is -2.07. The highest BCUT2D eigenvalue weighted by molar-refractivity contribution is 6.24. The normalized spacial score (nSPS) is 12.8. The summed E-state index contributed by atoms with van der Waals surface area (Å²) in [7, 11) is 0. The van der Waals surface area contributed by atoms with Gasteiger partial charge in [-0.1, -0.05) is 31.9 Å². The molecule has 0 saturated heterocycles. The van der Waals surface area contributed by atoms with Crippen molar-refractivity contribution >= 4 is 11.6 Å². The van der Waals surface area contributed by atoms with Crippen LogP contribution in [0.3, 0.4) is 0 Å². The Labute approximate surface area is 69.3 Å². The van der Waals surface area contributed by atoms with E-state index in [9.17, 15) is 0 Å². The van der Waals surface area contributed by atoms with Crippen molar-refractivity contribution in [2.24, 2.45) is 0 Å². The fourth-order valence-corrected chi connectivity index (χ4v) is 0.775. The Morgan fingerprint density at radius 2 is 2.00 bits per heavy atom. The highest BCUT2D eigenvalue weighted by atomic mass is 35.5. The SMILES string of the molecule is CCCCC=CC(C)(C)Cl. The number of alkyl halides is 1. The van der Waals surface area contributed by atoms with Crippen LogP contribution in [0.25, 0.3) is 0 Å². The molecule has 0 aromatic rings. The molecule has 0 unspecified atom stereocenters. The van der Waals surface area contributed by atoms with Gasteiger partial charge in [-0.3, -0.25) is 0 Å². The third-order valence-electron chi connectivity index (χ3n) is 1.24. The molecular weight excluding hydrogens is 144 g/mol. The quantitative estimate of drug-likeness (QED) is 0.334. The summed E-state index contributed by atoms with van der Waals surface area (Å²) in [5, 5.41) is 0. The smallest absolute Gasteiger partial charge is 0.0569 e. The van der Waals surface area contributed by atoms with Crippen LogP contribution in [0.2, 0.25) is 0 Å². The number of allylic oxidation sites excluding steroid dienone is 2. The third kappa shape index (κ3) is 8.03. The van der Waals surface area contributed by atoms with Crippen molar-refractivity contribution in [3.8, 4) is 0 Å². The van der Waals surface area contributed by atoms with Gasteiger partial charge in [0.1, 0.15) is 0 Å². The largest absolute Gasteiger partial charge is 0.115 e. The van der Waals surface area contributed by atoms with Gasteiger partial charge in [-0.25, -0.2) is 0 Å². The first kappa shape index (κ1) is 10.0. The van der Waals surface area contributed by atoms with Gasteiger partial charge in [-0.15, -0.1) is 11.6 Å². The van der Waals surface area contributed by atoms with Crippen molar-refractivity contribution in [2.75, 3.05) is 0 Å². The molecule has 0 bridgehead atoms. The van der Waals surface area contributed by atoms with Gasteiger partial charge >= 0.3 is 0 Å². The minimum Gasteiger partial charge on any atom is -0.115 e. The van der Waals surface area contributed by atoms with Crippen molar-refractivity contribution < 1.29 is 0 Å². The maximum Gasteiger partial charge on any atom is 0.0569 e. The summed E-state index contributed by atoms with van der Waals surface area (Å²) >= 11 is 5.93. The van der Waals surface area contributed by atoms with E-state index < -0.39 is 0 Å². The van der Waals surface area contributed by atoms with Crippen LogP contribution in [0.4, 0.5) is 0 Å². The zero-order valence-corrected chi connectivity index (χ0v) is 7.91. The summed E-state index contributed by atoms with van der Waals surface area (Å²) in [6, 6.07) is 0. The molecule has 0 rings (SSSR count). The van der Waals surface area contributed by atoms with E-state index in [2.05, 4.69) is 19.1 Å². The summed E-state index contributed by atoms with van der Waals surface area (Å²) in [6.07, 6.45) is 7.91. The monoisotopic (exact) mass is 160 g/mol. The van der Waals surface area contributed by atoms with Gasteiger partial charge < -0.3 is 0 Å². The van der Waals surface area contributed by atoms with Gasteiger partial charge in [0.05, 0.1) is 4.87 Å². The molecule has 0 fully saturated rings. The van der Waals surface area contributed by atoms with E-state index in [1.165, 1.54) is 12.8 Å². The maximum atomic E-state index is 5.93. The van der Waals surface area contributed by atoms with Crippen LogP contribution in [0, 0.1) is 0 Å². The summed E-state index contributed by atoms with van der Waals surface area (Å²) in [5.74, 6) is 0. The molecule has 0 saturated carbocycles. The van der Waals surface area contributed by atoms with Crippen LogP contribution in [-0.2, 0) is 0 Å². The highest BCUT2D eigenvalue weighted by Crippen LogP contribution is 2.14. The van der Waals surface area contributed by atoms with Gasteiger partial charge in [-0.2, -0.15) is 0 Å². The molecule has 1 heteroatoms. The Morgan fingerprint density at radius 3 is 2.40 bits per heavy atom. The highest BCUT2D eigenvalue weighted by Gasteiger charge is 2.05. The fraction of sp³-hybridized carbons (Fsp3) is 0.778. The topological polar surface area (TPSA) is 0 Å². The van der Waals surface area contributed by atoms with E-state index in [1.807, 2.05) is 13.8 Å². The lowest BCUT2D eigenvalue weighted by atomic mass is 10.1. The first-order valence-corrected chi connectivity index (χ1v) is 4.30. The van der Waals surface area contributed by atoms with E-state index in [0.29, 0.717) is 0 Å². The third-order valence-corrected chi connectivity index (χ3v) is 1.36. The van der Waals surface area contributed by atoms with E-state index >= 15 is 0 Å². The van der Waals surface area contributed by atoms with Crippen LogP contribution in [0.1, 0.15) is 40.0 Å². The zero-order valence-electron chi connectivity index (χ0n) is 7.15. The molecule has 0 nitrogen and oxygen atoms in total. The van der Waals surface area contributed by atoms with Crippen molar-refractivity contribution in [3.63, 3.8) is 0 Å². The first-order chi connectivity index (χ1) is 4.56. The van der Waals surface area contributed by atoms with Crippen molar-refractivity contribution in [2.45, 2.75) is 44.9 Å². The molecule has 0 atom stereocenters. The summed E-state index contributed by atoms with van der Waals surface area (Å²) in [6.45, 7) is 6.19. The number of unbranched alkanes of at least 4 members (excludes halogenated alkanes) is 2. The minimum absolute atomic E-state index is 0.159. The second-order valence-corrected chi connectivity index (χ2v) is 4.08. The molecule has 0 aromatic carbocycles. The van der Waals surface area contributed by atoms with Crippen LogP contribution in [0.5, 0.6) is 0 Å². The second-order valence-electron chi connectivity index (χ2n) is 3.11. The van der Waals surface area contributed by atoms with Gasteiger partial charge in [0, 0.05) is 0 Å². The molecular formula is C9H17Cl. The van der Waals surface area contributed by atoms with E-state index in [4.69, 9.17) is 11.6 Å². The average Bonchev–Trinajstić information content (AvgIpc) is 1.78. The zero-order chi connectivity index (χ0) is 8.04. The Kier molecular flexibility index (Phi) is 4.80. The Balaban J connectivity index is 3.37. The van der Waals surface area contributed by atoms with Crippen LogP contribution in [-0.4, -0.2) is 4.87 Å². The number of halogens is 1. The first-order valence-electron chi connectivity index (χ1n) is 3.93. The van der Waals surface area contributed by atoms with E-state index in [-0.39, 0.29) is 4.87 Å². The number of rotatable bonds is 4. The molecule has 60 valence electrons.